The Labute approximate surface area is 202 Å². The van der Waals surface area contributed by atoms with Gasteiger partial charge in [0.2, 0.25) is 11.9 Å². The van der Waals surface area contributed by atoms with Gasteiger partial charge in [-0.05, 0) is 60.9 Å². The summed E-state index contributed by atoms with van der Waals surface area (Å²) in [6.07, 6.45) is -1.92. The summed E-state index contributed by atoms with van der Waals surface area (Å²) in [5.74, 6) is -0.740. The molecule has 0 aliphatic heterocycles. The molecule has 11 heteroatoms. The Morgan fingerprint density at radius 3 is 2.46 bits per heavy atom. The summed E-state index contributed by atoms with van der Waals surface area (Å²) in [4.78, 5) is 23.9. The zero-order chi connectivity index (χ0) is 25.4. The van der Waals surface area contributed by atoms with E-state index in [9.17, 15) is 23.1 Å². The first-order valence-electron chi connectivity index (χ1n) is 10.3. The van der Waals surface area contributed by atoms with Crippen molar-refractivity contribution < 1.29 is 23.1 Å². The smallest absolute Gasteiger partial charge is 0.378 e. The summed E-state index contributed by atoms with van der Waals surface area (Å²) < 4.78 is 38.9. The monoisotopic (exact) mass is 499 g/mol. The van der Waals surface area contributed by atoms with Gasteiger partial charge in [-0.15, -0.1) is 11.3 Å². The van der Waals surface area contributed by atoms with Crippen LogP contribution in [0.5, 0.6) is 0 Å². The lowest BCUT2D eigenvalue weighted by molar-refractivity contribution is -0.141. The number of nitrogens with one attached hydrogen (secondary N) is 1. The zero-order valence-electron chi connectivity index (χ0n) is 18.6. The topological polar surface area (TPSA) is 114 Å². The largest absolute Gasteiger partial charge is 0.433 e. The van der Waals surface area contributed by atoms with Crippen LogP contribution in [0.4, 0.5) is 24.8 Å². The van der Waals surface area contributed by atoms with Crippen LogP contribution in [0, 0.1) is 6.92 Å². The minimum atomic E-state index is -4.58. The van der Waals surface area contributed by atoms with Gasteiger partial charge in [-0.25, -0.2) is 15.0 Å². The summed E-state index contributed by atoms with van der Waals surface area (Å²) in [6.45, 7) is 3.45. The number of carbonyl (C=O) groups excluding carboxylic acids is 1. The zero-order valence-corrected chi connectivity index (χ0v) is 19.4. The van der Waals surface area contributed by atoms with Crippen LogP contribution >= 0.6 is 11.3 Å². The van der Waals surface area contributed by atoms with Gasteiger partial charge < -0.3 is 16.2 Å². The van der Waals surface area contributed by atoms with Crippen LogP contribution in [-0.2, 0) is 11.8 Å². The Hall–Kier alpha value is -3.83. The average molecular weight is 500 g/mol. The number of aromatic nitrogens is 3. The lowest BCUT2D eigenvalue weighted by Gasteiger charge is -2.21. The second kappa shape index (κ2) is 9.08. The quantitative estimate of drug-likeness (QED) is 0.343. The molecule has 4 aromatic rings. The van der Waals surface area contributed by atoms with Crippen LogP contribution in [0.2, 0.25) is 0 Å². The van der Waals surface area contributed by atoms with Crippen LogP contribution in [-0.4, -0.2) is 26.0 Å². The highest BCUT2D eigenvalue weighted by Crippen LogP contribution is 2.37. The van der Waals surface area contributed by atoms with Gasteiger partial charge in [0.1, 0.15) is 16.3 Å². The number of hydrogen-bond donors (Lipinski definition) is 3. The van der Waals surface area contributed by atoms with Crippen molar-refractivity contribution in [2.75, 3.05) is 5.32 Å². The number of halogens is 3. The van der Waals surface area contributed by atoms with E-state index >= 15 is 0 Å². The molecular weight excluding hydrogens is 479 g/mol. The molecule has 0 aliphatic rings. The number of primary amides is 1. The number of rotatable bonds is 6. The minimum Gasteiger partial charge on any atom is -0.378 e. The number of amides is 1. The van der Waals surface area contributed by atoms with Gasteiger partial charge in [0.05, 0.1) is 4.88 Å². The summed E-state index contributed by atoms with van der Waals surface area (Å²) in [6, 6.07) is 12.5. The predicted octanol–water partition coefficient (Wildman–Crippen LogP) is 5.03. The first-order chi connectivity index (χ1) is 16.4. The molecule has 0 saturated heterocycles. The van der Waals surface area contributed by atoms with Crippen molar-refractivity contribution in [3.63, 3.8) is 0 Å². The number of anilines is 2. The van der Waals surface area contributed by atoms with Gasteiger partial charge in [-0.1, -0.05) is 18.2 Å². The van der Waals surface area contributed by atoms with Crippen molar-refractivity contribution in [1.29, 1.82) is 0 Å². The van der Waals surface area contributed by atoms with E-state index in [0.29, 0.717) is 21.8 Å². The Kier molecular flexibility index (Phi) is 6.30. The predicted molar refractivity (Wildman–Crippen MR) is 126 cm³/mol. The lowest BCUT2D eigenvalue weighted by Crippen LogP contribution is -2.22. The summed E-state index contributed by atoms with van der Waals surface area (Å²) in [7, 11) is 0. The molecule has 4 rings (SSSR count). The minimum absolute atomic E-state index is 0.177. The van der Waals surface area contributed by atoms with E-state index in [1.165, 1.54) is 23.5 Å². The average Bonchev–Trinajstić information content (AvgIpc) is 3.30. The van der Waals surface area contributed by atoms with Crippen molar-refractivity contribution >= 4 is 28.9 Å². The van der Waals surface area contributed by atoms with E-state index in [1.807, 2.05) is 13.0 Å². The molecule has 0 bridgehead atoms. The van der Waals surface area contributed by atoms with Crippen molar-refractivity contribution in [3.8, 4) is 10.4 Å². The highest BCUT2D eigenvalue weighted by Gasteiger charge is 2.33. The van der Waals surface area contributed by atoms with E-state index < -0.39 is 23.4 Å². The molecule has 0 radical (unpaired) electrons. The normalized spacial score (nSPS) is 13.3. The molecule has 0 unspecified atom stereocenters. The Bertz CT molecular complexity index is 1380. The number of alkyl halides is 3. The molecule has 180 valence electrons. The number of carbonyl (C=O) groups is 1. The molecule has 7 nitrogen and oxygen atoms in total. The molecule has 1 atom stereocenters. The maximum Gasteiger partial charge on any atom is 0.433 e. The molecule has 0 aliphatic carbocycles. The fourth-order valence-electron chi connectivity index (χ4n) is 3.42. The van der Waals surface area contributed by atoms with Crippen molar-refractivity contribution in [3.05, 3.63) is 88.3 Å². The number of aliphatic hydroxyl groups is 1. The number of thiazole rings is 1. The van der Waals surface area contributed by atoms with Crippen molar-refractivity contribution in [2.45, 2.75) is 25.6 Å². The third-order valence-electron chi connectivity index (χ3n) is 5.22. The number of benzene rings is 2. The van der Waals surface area contributed by atoms with Gasteiger partial charge in [-0.2, -0.15) is 13.2 Å². The number of nitrogens with zero attached hydrogens (tertiary/aromatic N) is 3. The van der Waals surface area contributed by atoms with E-state index in [1.54, 1.807) is 37.4 Å². The molecule has 1 amide bonds. The van der Waals surface area contributed by atoms with Gasteiger partial charge in [0.15, 0.2) is 0 Å². The van der Waals surface area contributed by atoms with Gasteiger partial charge >= 0.3 is 6.18 Å². The first-order valence-corrected chi connectivity index (χ1v) is 11.1. The molecule has 2 aromatic heterocycles. The SMILES string of the molecule is Cc1cc(Nc2nccc(C(F)(F)F)n2)cc(-c2cnc([C@](C)(O)c3ccc(C(N)=O)cc3)s2)c1. The second-order valence-electron chi connectivity index (χ2n) is 8.02. The van der Waals surface area contributed by atoms with E-state index in [0.717, 1.165) is 28.3 Å². The number of hydrogen-bond acceptors (Lipinski definition) is 7. The first kappa shape index (κ1) is 24.3. The molecule has 0 spiro atoms. The van der Waals surface area contributed by atoms with Crippen LogP contribution in [0.3, 0.4) is 0 Å². The molecule has 0 fully saturated rings. The summed E-state index contributed by atoms with van der Waals surface area (Å²) in [5, 5.41) is 14.4. The van der Waals surface area contributed by atoms with Crippen LogP contribution in [0.25, 0.3) is 10.4 Å². The Morgan fingerprint density at radius 1 is 1.09 bits per heavy atom. The molecule has 2 aromatic carbocycles. The van der Waals surface area contributed by atoms with Gasteiger partial charge in [-0.3, -0.25) is 4.79 Å². The lowest BCUT2D eigenvalue weighted by atomic mass is 9.95. The molecular formula is C24H20F3N5O2S. The maximum absolute atomic E-state index is 13.0. The standard InChI is InChI=1S/C24H20F3N5O2S/c1-13-9-15(11-17(10-13)31-22-29-8-7-19(32-22)24(25,26)27)18-12-30-21(35-18)23(2,34)16-5-3-14(4-6-16)20(28)33/h3-12,34H,1-2H3,(H2,28,33)(H,29,31,32)/t23-/m1/s1. The summed E-state index contributed by atoms with van der Waals surface area (Å²) >= 11 is 1.27. The van der Waals surface area contributed by atoms with Gasteiger partial charge in [0.25, 0.3) is 0 Å². The van der Waals surface area contributed by atoms with E-state index in [-0.39, 0.29) is 5.95 Å². The van der Waals surface area contributed by atoms with E-state index in [4.69, 9.17) is 5.73 Å². The molecule has 2 heterocycles. The fraction of sp³-hybridized carbons (Fsp3) is 0.167. The van der Waals surface area contributed by atoms with E-state index in [2.05, 4.69) is 20.3 Å². The van der Waals surface area contributed by atoms with Gasteiger partial charge in [0, 0.05) is 23.6 Å². The molecule has 35 heavy (non-hydrogen) atoms. The van der Waals surface area contributed by atoms with Crippen molar-refractivity contribution in [1.82, 2.24) is 15.0 Å². The molecule has 0 saturated carbocycles. The fourth-order valence-corrected chi connectivity index (χ4v) is 4.39. The highest BCUT2D eigenvalue weighted by atomic mass is 32.1. The van der Waals surface area contributed by atoms with Crippen LogP contribution in [0.15, 0.2) is 60.9 Å². The Morgan fingerprint density at radius 2 is 1.80 bits per heavy atom. The third-order valence-corrected chi connectivity index (χ3v) is 6.47. The Balaban J connectivity index is 1.61. The van der Waals surface area contributed by atoms with Crippen LogP contribution < -0.4 is 11.1 Å². The van der Waals surface area contributed by atoms with Crippen molar-refractivity contribution in [2.24, 2.45) is 5.73 Å². The second-order valence-corrected chi connectivity index (χ2v) is 9.05. The number of nitrogens with two attached hydrogens (primary N) is 1. The third kappa shape index (κ3) is 5.31. The maximum atomic E-state index is 13.0. The van der Waals surface area contributed by atoms with Crippen LogP contribution in [0.1, 0.15) is 39.1 Å². The number of aryl methyl sites for hydroxylation is 1. The molecule has 4 N–H and O–H groups in total. The highest BCUT2D eigenvalue weighted by molar-refractivity contribution is 7.15. The summed E-state index contributed by atoms with van der Waals surface area (Å²) in [5.41, 5.74) is 5.78.